The maximum Gasteiger partial charge on any atom is 0.237 e. The van der Waals surface area contributed by atoms with Gasteiger partial charge in [-0.2, -0.15) is 0 Å². The molecule has 18 heavy (non-hydrogen) atoms. The average molecular weight is 248 g/mol. The first-order valence-electron chi connectivity index (χ1n) is 6.55. The van der Waals surface area contributed by atoms with Gasteiger partial charge < -0.3 is 11.1 Å². The van der Waals surface area contributed by atoms with Crippen LogP contribution in [0.15, 0.2) is 18.2 Å². The smallest absolute Gasteiger partial charge is 0.237 e. The van der Waals surface area contributed by atoms with E-state index >= 15 is 0 Å². The van der Waals surface area contributed by atoms with E-state index in [-0.39, 0.29) is 11.8 Å². The molecule has 0 bridgehead atoms. The van der Waals surface area contributed by atoms with Gasteiger partial charge in [0.2, 0.25) is 5.91 Å². The second kappa shape index (κ2) is 6.55. The van der Waals surface area contributed by atoms with E-state index in [0.717, 1.165) is 12.0 Å². The minimum absolute atomic E-state index is 0.0654. The molecule has 0 spiro atoms. The van der Waals surface area contributed by atoms with E-state index in [1.165, 1.54) is 11.1 Å². The highest BCUT2D eigenvalue weighted by Crippen LogP contribution is 2.11. The van der Waals surface area contributed by atoms with Crippen LogP contribution in [0.5, 0.6) is 0 Å². The van der Waals surface area contributed by atoms with Crippen molar-refractivity contribution in [1.82, 2.24) is 5.32 Å². The normalized spacial score (nSPS) is 14.1. The molecule has 0 heterocycles. The molecule has 2 atom stereocenters. The molecule has 0 saturated carbocycles. The number of nitrogens with one attached hydrogen (secondary N) is 1. The predicted molar refractivity (Wildman–Crippen MR) is 75.2 cm³/mol. The number of hydrogen-bond donors (Lipinski definition) is 2. The molecule has 1 rings (SSSR count). The number of aryl methyl sites for hydroxylation is 2. The van der Waals surface area contributed by atoms with Crippen molar-refractivity contribution in [2.24, 2.45) is 11.7 Å². The van der Waals surface area contributed by atoms with Crippen molar-refractivity contribution in [2.75, 3.05) is 0 Å². The molecule has 0 unspecified atom stereocenters. The van der Waals surface area contributed by atoms with Crippen molar-refractivity contribution < 1.29 is 4.79 Å². The Morgan fingerprint density at radius 2 is 2.06 bits per heavy atom. The monoisotopic (exact) mass is 248 g/mol. The Hall–Kier alpha value is -1.35. The molecule has 1 amide bonds. The largest absolute Gasteiger partial charge is 0.351 e. The number of hydrogen-bond acceptors (Lipinski definition) is 2. The zero-order valence-corrected chi connectivity index (χ0v) is 11.8. The first-order valence-corrected chi connectivity index (χ1v) is 6.55. The quantitative estimate of drug-likeness (QED) is 0.840. The Kier molecular flexibility index (Phi) is 5.35. The highest BCUT2D eigenvalue weighted by Gasteiger charge is 2.18. The van der Waals surface area contributed by atoms with Gasteiger partial charge in [0.1, 0.15) is 0 Å². The van der Waals surface area contributed by atoms with Crippen molar-refractivity contribution in [2.45, 2.75) is 46.7 Å². The molecular formula is C15H24N2O. The van der Waals surface area contributed by atoms with Gasteiger partial charge in [-0.05, 0) is 30.9 Å². The maximum atomic E-state index is 11.9. The van der Waals surface area contributed by atoms with Crippen LogP contribution in [0.25, 0.3) is 0 Å². The second-order valence-corrected chi connectivity index (χ2v) is 5.06. The van der Waals surface area contributed by atoms with Crippen LogP contribution in [0.3, 0.4) is 0 Å². The number of rotatable bonds is 5. The fraction of sp³-hybridized carbons (Fsp3) is 0.533. The average Bonchev–Trinajstić information content (AvgIpc) is 2.35. The molecule has 1 aromatic rings. The summed E-state index contributed by atoms with van der Waals surface area (Å²) >= 11 is 0. The molecule has 100 valence electrons. The summed E-state index contributed by atoms with van der Waals surface area (Å²) in [6.07, 6.45) is 0.915. The molecule has 0 aliphatic carbocycles. The van der Waals surface area contributed by atoms with Crippen LogP contribution in [-0.2, 0) is 11.3 Å². The molecular weight excluding hydrogens is 224 g/mol. The van der Waals surface area contributed by atoms with Gasteiger partial charge >= 0.3 is 0 Å². The van der Waals surface area contributed by atoms with Gasteiger partial charge in [-0.1, -0.05) is 44.0 Å². The first-order chi connectivity index (χ1) is 8.45. The van der Waals surface area contributed by atoms with Gasteiger partial charge in [0.15, 0.2) is 0 Å². The Morgan fingerprint density at radius 3 is 2.61 bits per heavy atom. The van der Waals surface area contributed by atoms with Crippen LogP contribution in [0.2, 0.25) is 0 Å². The summed E-state index contributed by atoms with van der Waals surface area (Å²) in [7, 11) is 0. The molecule has 3 nitrogen and oxygen atoms in total. The van der Waals surface area contributed by atoms with Crippen molar-refractivity contribution >= 4 is 5.91 Å². The lowest BCUT2D eigenvalue weighted by Crippen LogP contribution is -2.44. The van der Waals surface area contributed by atoms with Crippen LogP contribution in [0.1, 0.15) is 37.0 Å². The van der Waals surface area contributed by atoms with Crippen LogP contribution in [0.4, 0.5) is 0 Å². The van der Waals surface area contributed by atoms with Crippen LogP contribution >= 0.6 is 0 Å². The van der Waals surface area contributed by atoms with Gasteiger partial charge in [-0.25, -0.2) is 0 Å². The summed E-state index contributed by atoms with van der Waals surface area (Å²) in [5.41, 5.74) is 9.47. The van der Waals surface area contributed by atoms with E-state index in [1.54, 1.807) is 0 Å². The predicted octanol–water partition coefficient (Wildman–Crippen LogP) is 2.29. The van der Waals surface area contributed by atoms with Crippen molar-refractivity contribution in [3.8, 4) is 0 Å². The highest BCUT2D eigenvalue weighted by atomic mass is 16.2. The van der Waals surface area contributed by atoms with E-state index in [1.807, 2.05) is 13.8 Å². The minimum Gasteiger partial charge on any atom is -0.351 e. The van der Waals surface area contributed by atoms with Crippen molar-refractivity contribution in [3.05, 3.63) is 34.9 Å². The molecule has 1 aromatic carbocycles. The van der Waals surface area contributed by atoms with Crippen LogP contribution < -0.4 is 11.1 Å². The number of nitrogens with two attached hydrogens (primary N) is 1. The standard InChI is InChI=1S/C15H24N2O/c1-5-11(3)14(16)15(18)17-9-13-7-6-10(2)8-12(13)4/h6-8,11,14H,5,9,16H2,1-4H3,(H,17,18)/t11-,14-/m0/s1. The topological polar surface area (TPSA) is 55.1 Å². The van der Waals surface area contributed by atoms with E-state index in [2.05, 4.69) is 37.4 Å². The zero-order valence-electron chi connectivity index (χ0n) is 11.8. The van der Waals surface area contributed by atoms with E-state index in [9.17, 15) is 4.79 Å². The Labute approximate surface area is 110 Å². The SMILES string of the molecule is CC[C@H](C)[C@H](N)C(=O)NCc1ccc(C)cc1C. The lowest BCUT2D eigenvalue weighted by Gasteiger charge is -2.18. The van der Waals surface area contributed by atoms with E-state index in [0.29, 0.717) is 6.54 Å². The minimum atomic E-state index is -0.416. The van der Waals surface area contributed by atoms with Crippen molar-refractivity contribution in [1.29, 1.82) is 0 Å². The third kappa shape index (κ3) is 3.84. The van der Waals surface area contributed by atoms with Gasteiger partial charge in [0.05, 0.1) is 6.04 Å². The molecule has 0 radical (unpaired) electrons. The zero-order chi connectivity index (χ0) is 13.7. The summed E-state index contributed by atoms with van der Waals surface area (Å²) in [5, 5.41) is 2.91. The molecule has 0 fully saturated rings. The molecule has 0 aliphatic rings. The Balaban J connectivity index is 2.57. The number of benzene rings is 1. The third-order valence-corrected chi connectivity index (χ3v) is 3.51. The first kappa shape index (κ1) is 14.7. The molecule has 0 aromatic heterocycles. The molecule has 0 aliphatic heterocycles. The lowest BCUT2D eigenvalue weighted by atomic mass is 9.99. The van der Waals surface area contributed by atoms with Gasteiger partial charge in [0.25, 0.3) is 0 Å². The summed E-state index contributed by atoms with van der Waals surface area (Å²) in [5.74, 6) is 0.147. The van der Waals surface area contributed by atoms with E-state index < -0.39 is 6.04 Å². The molecule has 3 heteroatoms. The lowest BCUT2D eigenvalue weighted by molar-refractivity contribution is -0.123. The van der Waals surface area contributed by atoms with Gasteiger partial charge in [0, 0.05) is 6.54 Å². The third-order valence-electron chi connectivity index (χ3n) is 3.51. The summed E-state index contributed by atoms with van der Waals surface area (Å²) in [6, 6.07) is 5.82. The van der Waals surface area contributed by atoms with Crippen LogP contribution in [-0.4, -0.2) is 11.9 Å². The molecule has 3 N–H and O–H groups in total. The van der Waals surface area contributed by atoms with E-state index in [4.69, 9.17) is 5.73 Å². The second-order valence-electron chi connectivity index (χ2n) is 5.06. The Morgan fingerprint density at radius 1 is 1.39 bits per heavy atom. The van der Waals surface area contributed by atoms with Crippen molar-refractivity contribution in [3.63, 3.8) is 0 Å². The number of carbonyl (C=O) groups is 1. The molecule has 0 saturated heterocycles. The Bertz CT molecular complexity index is 415. The summed E-state index contributed by atoms with van der Waals surface area (Å²) < 4.78 is 0. The van der Waals surface area contributed by atoms with Crippen LogP contribution in [0, 0.1) is 19.8 Å². The fourth-order valence-electron chi connectivity index (χ4n) is 1.86. The summed E-state index contributed by atoms with van der Waals surface area (Å²) in [4.78, 5) is 11.9. The summed E-state index contributed by atoms with van der Waals surface area (Å²) in [6.45, 7) is 8.72. The number of carbonyl (C=O) groups excluding carboxylic acids is 1. The maximum absolute atomic E-state index is 11.9. The number of amides is 1. The highest BCUT2D eigenvalue weighted by molar-refractivity contribution is 5.81. The van der Waals surface area contributed by atoms with Gasteiger partial charge in [-0.15, -0.1) is 0 Å². The fourth-order valence-corrected chi connectivity index (χ4v) is 1.86. The van der Waals surface area contributed by atoms with Gasteiger partial charge in [-0.3, -0.25) is 4.79 Å².